The zero-order chi connectivity index (χ0) is 18.5. The highest BCUT2D eigenvalue weighted by atomic mass is 35.5. The standard InChI is InChI=1S/C18H16ClFN4O2/c1-12(13-2-5-15(6-3-13)24-11-21-10-22-24)23-18(25)9-26-17-7-4-14(20)8-16(17)19/h2-8,10-12H,9H2,1H3,(H,23,25). The van der Waals surface area contributed by atoms with Crippen LogP contribution in [0.4, 0.5) is 4.39 Å². The minimum atomic E-state index is -0.463. The minimum Gasteiger partial charge on any atom is -0.482 e. The second-order valence-electron chi connectivity index (χ2n) is 5.58. The second kappa shape index (κ2) is 7.97. The summed E-state index contributed by atoms with van der Waals surface area (Å²) in [5.41, 5.74) is 1.81. The molecule has 0 spiro atoms. The highest BCUT2D eigenvalue weighted by Gasteiger charge is 2.12. The average Bonchev–Trinajstić information content (AvgIpc) is 3.16. The molecular formula is C18H16ClFN4O2. The van der Waals surface area contributed by atoms with Crippen LogP contribution in [0.5, 0.6) is 5.75 Å². The third-order valence-corrected chi connectivity index (χ3v) is 4.00. The van der Waals surface area contributed by atoms with Gasteiger partial charge in [-0.25, -0.2) is 14.1 Å². The second-order valence-corrected chi connectivity index (χ2v) is 5.99. The first-order valence-corrected chi connectivity index (χ1v) is 8.23. The van der Waals surface area contributed by atoms with Gasteiger partial charge in [0, 0.05) is 0 Å². The average molecular weight is 375 g/mol. The van der Waals surface area contributed by atoms with E-state index in [1.165, 1.54) is 18.5 Å². The summed E-state index contributed by atoms with van der Waals surface area (Å²) < 4.78 is 20.0. The van der Waals surface area contributed by atoms with Gasteiger partial charge in [0.05, 0.1) is 16.8 Å². The molecule has 1 heterocycles. The molecule has 0 bridgehead atoms. The molecule has 26 heavy (non-hydrogen) atoms. The Labute approximate surface area is 154 Å². The molecule has 1 aromatic heterocycles. The van der Waals surface area contributed by atoms with Crippen LogP contribution in [-0.2, 0) is 4.79 Å². The van der Waals surface area contributed by atoms with E-state index in [1.807, 2.05) is 31.2 Å². The van der Waals surface area contributed by atoms with E-state index >= 15 is 0 Å². The Morgan fingerprint density at radius 2 is 2.08 bits per heavy atom. The maximum atomic E-state index is 13.0. The Bertz CT molecular complexity index is 885. The Balaban J connectivity index is 1.55. The lowest BCUT2D eigenvalue weighted by atomic mass is 10.1. The molecule has 3 rings (SSSR count). The van der Waals surface area contributed by atoms with Crippen molar-refractivity contribution >= 4 is 17.5 Å². The molecule has 0 radical (unpaired) electrons. The maximum absolute atomic E-state index is 13.0. The van der Waals surface area contributed by atoms with Gasteiger partial charge >= 0.3 is 0 Å². The number of nitrogens with zero attached hydrogens (tertiary/aromatic N) is 3. The first-order chi connectivity index (χ1) is 12.5. The van der Waals surface area contributed by atoms with Crippen LogP contribution in [-0.4, -0.2) is 27.3 Å². The number of carbonyl (C=O) groups excluding carboxylic acids is 1. The first-order valence-electron chi connectivity index (χ1n) is 7.85. The third-order valence-electron chi connectivity index (χ3n) is 3.71. The molecule has 3 aromatic rings. The summed E-state index contributed by atoms with van der Waals surface area (Å²) in [6.45, 7) is 1.65. The molecule has 2 aromatic carbocycles. The molecule has 6 nitrogen and oxygen atoms in total. The Kier molecular flexibility index (Phi) is 5.48. The molecule has 8 heteroatoms. The number of nitrogens with one attached hydrogen (secondary N) is 1. The van der Waals surface area contributed by atoms with E-state index in [0.717, 1.165) is 17.3 Å². The summed E-state index contributed by atoms with van der Waals surface area (Å²) >= 11 is 5.86. The number of amides is 1. The van der Waals surface area contributed by atoms with Gasteiger partial charge in [0.25, 0.3) is 5.91 Å². The van der Waals surface area contributed by atoms with Gasteiger partial charge in [-0.1, -0.05) is 23.7 Å². The van der Waals surface area contributed by atoms with Crippen molar-refractivity contribution in [2.45, 2.75) is 13.0 Å². The molecule has 0 saturated carbocycles. The Hall–Kier alpha value is -2.93. The zero-order valence-electron chi connectivity index (χ0n) is 13.9. The van der Waals surface area contributed by atoms with Gasteiger partial charge < -0.3 is 10.1 Å². The van der Waals surface area contributed by atoms with E-state index in [1.54, 1.807) is 11.0 Å². The van der Waals surface area contributed by atoms with Crippen LogP contribution < -0.4 is 10.1 Å². The molecule has 1 N–H and O–H groups in total. The quantitative estimate of drug-likeness (QED) is 0.718. The normalized spacial score (nSPS) is 11.8. The van der Waals surface area contributed by atoms with Gasteiger partial charge in [0.2, 0.25) is 0 Å². The summed E-state index contributed by atoms with van der Waals surface area (Å²) in [4.78, 5) is 16.0. The summed E-state index contributed by atoms with van der Waals surface area (Å²) in [7, 11) is 0. The highest BCUT2D eigenvalue weighted by Crippen LogP contribution is 2.24. The number of carbonyl (C=O) groups is 1. The summed E-state index contributed by atoms with van der Waals surface area (Å²) in [6.07, 6.45) is 3.07. The van der Waals surface area contributed by atoms with Crippen LogP contribution in [0, 0.1) is 5.82 Å². The van der Waals surface area contributed by atoms with Crippen LogP contribution in [0.3, 0.4) is 0 Å². The number of aromatic nitrogens is 3. The van der Waals surface area contributed by atoms with E-state index in [-0.39, 0.29) is 29.3 Å². The van der Waals surface area contributed by atoms with Gasteiger partial charge in [0.15, 0.2) is 6.61 Å². The fourth-order valence-corrected chi connectivity index (χ4v) is 2.58. The molecule has 1 atom stereocenters. The molecule has 1 unspecified atom stereocenters. The number of benzene rings is 2. The van der Waals surface area contributed by atoms with Crippen molar-refractivity contribution in [3.05, 3.63) is 71.5 Å². The van der Waals surface area contributed by atoms with Crippen molar-refractivity contribution in [2.75, 3.05) is 6.61 Å². The number of ether oxygens (including phenoxy) is 1. The van der Waals surface area contributed by atoms with E-state index in [4.69, 9.17) is 16.3 Å². The lowest BCUT2D eigenvalue weighted by Gasteiger charge is -2.15. The van der Waals surface area contributed by atoms with Gasteiger partial charge in [-0.05, 0) is 42.8 Å². The largest absolute Gasteiger partial charge is 0.482 e. The smallest absolute Gasteiger partial charge is 0.258 e. The van der Waals surface area contributed by atoms with E-state index < -0.39 is 5.82 Å². The zero-order valence-corrected chi connectivity index (χ0v) is 14.7. The fraction of sp³-hybridized carbons (Fsp3) is 0.167. The lowest BCUT2D eigenvalue weighted by molar-refractivity contribution is -0.123. The minimum absolute atomic E-state index is 0.120. The third kappa shape index (κ3) is 4.37. The van der Waals surface area contributed by atoms with Gasteiger partial charge in [0.1, 0.15) is 24.2 Å². The SMILES string of the molecule is CC(NC(=O)COc1ccc(F)cc1Cl)c1ccc(-n2cncn2)cc1. The van der Waals surface area contributed by atoms with Crippen molar-refractivity contribution in [3.63, 3.8) is 0 Å². The van der Waals surface area contributed by atoms with Crippen LogP contribution in [0.1, 0.15) is 18.5 Å². The number of hydrogen-bond donors (Lipinski definition) is 1. The van der Waals surface area contributed by atoms with Crippen molar-refractivity contribution in [2.24, 2.45) is 0 Å². The van der Waals surface area contributed by atoms with Crippen molar-refractivity contribution in [3.8, 4) is 11.4 Å². The first kappa shape index (κ1) is 17.9. The van der Waals surface area contributed by atoms with Gasteiger partial charge in [-0.15, -0.1) is 0 Å². The molecule has 0 aliphatic carbocycles. The Morgan fingerprint density at radius 1 is 1.31 bits per heavy atom. The number of hydrogen-bond acceptors (Lipinski definition) is 4. The number of rotatable bonds is 6. The molecule has 1 amide bonds. The maximum Gasteiger partial charge on any atom is 0.258 e. The molecule has 0 saturated heterocycles. The van der Waals surface area contributed by atoms with Crippen LogP contribution in [0.2, 0.25) is 5.02 Å². The predicted molar refractivity (Wildman–Crippen MR) is 94.8 cm³/mol. The topological polar surface area (TPSA) is 69.0 Å². The van der Waals surface area contributed by atoms with Crippen molar-refractivity contribution < 1.29 is 13.9 Å². The predicted octanol–water partition coefficient (Wildman–Crippen LogP) is 3.32. The van der Waals surface area contributed by atoms with E-state index in [0.29, 0.717) is 0 Å². The van der Waals surface area contributed by atoms with E-state index in [2.05, 4.69) is 15.4 Å². The van der Waals surface area contributed by atoms with Gasteiger partial charge in [-0.2, -0.15) is 5.10 Å². The highest BCUT2D eigenvalue weighted by molar-refractivity contribution is 6.32. The molecule has 0 fully saturated rings. The summed E-state index contributed by atoms with van der Waals surface area (Å²) in [6, 6.07) is 11.1. The van der Waals surface area contributed by atoms with Gasteiger partial charge in [-0.3, -0.25) is 4.79 Å². The van der Waals surface area contributed by atoms with Crippen LogP contribution in [0.15, 0.2) is 55.1 Å². The van der Waals surface area contributed by atoms with E-state index in [9.17, 15) is 9.18 Å². The van der Waals surface area contributed by atoms with Crippen LogP contribution >= 0.6 is 11.6 Å². The monoisotopic (exact) mass is 374 g/mol. The lowest BCUT2D eigenvalue weighted by Crippen LogP contribution is -2.31. The van der Waals surface area contributed by atoms with Crippen molar-refractivity contribution in [1.29, 1.82) is 0 Å². The van der Waals surface area contributed by atoms with Crippen molar-refractivity contribution in [1.82, 2.24) is 20.1 Å². The molecule has 0 aliphatic heterocycles. The Morgan fingerprint density at radius 3 is 2.73 bits per heavy atom. The molecule has 0 aliphatic rings. The summed E-state index contributed by atoms with van der Waals surface area (Å²) in [5, 5.41) is 7.02. The molecular weight excluding hydrogens is 359 g/mol. The van der Waals surface area contributed by atoms with Crippen LogP contribution in [0.25, 0.3) is 5.69 Å². The fourth-order valence-electron chi connectivity index (χ4n) is 2.36. The molecule has 134 valence electrons. The summed E-state index contributed by atoms with van der Waals surface area (Å²) in [5.74, 6) is -0.513. The number of halogens is 2.